The van der Waals surface area contributed by atoms with Crippen molar-refractivity contribution >= 4 is 29.7 Å². The predicted molar refractivity (Wildman–Crippen MR) is 152 cm³/mol. The maximum Gasteiger partial charge on any atom is 0.416 e. The van der Waals surface area contributed by atoms with Gasteiger partial charge in [-0.25, -0.2) is 4.99 Å². The topological polar surface area (TPSA) is 21.6 Å². The van der Waals surface area contributed by atoms with Crippen molar-refractivity contribution in [2.75, 3.05) is 6.61 Å². The van der Waals surface area contributed by atoms with E-state index < -0.39 is 31.4 Å². The summed E-state index contributed by atoms with van der Waals surface area (Å²) in [7, 11) is -1.94. The molecule has 0 amide bonds. The normalized spacial score (nSPS) is 16.4. The van der Waals surface area contributed by atoms with Gasteiger partial charge in [0.25, 0.3) is 0 Å². The molecule has 0 saturated carbocycles. The summed E-state index contributed by atoms with van der Waals surface area (Å²) < 4.78 is 89.9. The average molecular weight is 586 g/mol. The summed E-state index contributed by atoms with van der Waals surface area (Å²) in [6.45, 7) is 4.37. The molecule has 0 fully saturated rings. The lowest BCUT2D eigenvalue weighted by molar-refractivity contribution is -0.142. The van der Waals surface area contributed by atoms with E-state index in [0.29, 0.717) is 34.2 Å². The molecule has 0 aromatic heterocycles. The number of aliphatic imine (C=N–C) groups is 1. The van der Waals surface area contributed by atoms with Crippen molar-refractivity contribution in [1.29, 1.82) is 0 Å². The van der Waals surface area contributed by atoms with E-state index >= 15 is 0 Å². The van der Waals surface area contributed by atoms with E-state index in [2.05, 4.69) is 0 Å². The maximum atomic E-state index is 14.0. The lowest BCUT2D eigenvalue weighted by Gasteiger charge is -2.26. The van der Waals surface area contributed by atoms with Gasteiger partial charge in [0.2, 0.25) is 5.90 Å². The number of ether oxygens (including phenoxy) is 1. The molecule has 2 atom stereocenters. The van der Waals surface area contributed by atoms with Gasteiger partial charge in [0.1, 0.15) is 6.61 Å². The minimum absolute atomic E-state index is 0.0722. The summed E-state index contributed by atoms with van der Waals surface area (Å²) in [4.78, 5) is 4.73. The fourth-order valence-corrected chi connectivity index (χ4v) is 7.41. The first kappa shape index (κ1) is 28.9. The molecule has 4 aromatic rings. The molecule has 0 spiro atoms. The monoisotopic (exact) mass is 585 g/mol. The van der Waals surface area contributed by atoms with Crippen molar-refractivity contribution in [2.24, 2.45) is 10.9 Å². The molecule has 9 heteroatoms. The van der Waals surface area contributed by atoms with Crippen molar-refractivity contribution in [3.8, 4) is 11.1 Å². The van der Waals surface area contributed by atoms with E-state index in [1.54, 1.807) is 42.5 Å². The van der Waals surface area contributed by atoms with Gasteiger partial charge in [0, 0.05) is 5.56 Å². The SMILES string of the molecule is CC(C)[C@H]1COC(c2ccccc2P(c2cc(C(F)(F)F)cc(C(F)(F)F)c2)c2ccccc2-c2ccccc2)=N1. The van der Waals surface area contributed by atoms with E-state index in [0.717, 1.165) is 17.7 Å². The molecular formula is C32H26F6NOP. The summed E-state index contributed by atoms with van der Waals surface area (Å²) >= 11 is 0. The van der Waals surface area contributed by atoms with Crippen molar-refractivity contribution in [1.82, 2.24) is 0 Å². The highest BCUT2D eigenvalue weighted by atomic mass is 31.1. The van der Waals surface area contributed by atoms with Gasteiger partial charge in [-0.3, -0.25) is 0 Å². The fraction of sp³-hybridized carbons (Fsp3) is 0.219. The minimum Gasteiger partial charge on any atom is -0.475 e. The highest BCUT2D eigenvalue weighted by Crippen LogP contribution is 2.42. The zero-order chi connectivity index (χ0) is 29.4. The van der Waals surface area contributed by atoms with E-state index in [9.17, 15) is 26.3 Å². The van der Waals surface area contributed by atoms with Crippen LogP contribution in [-0.4, -0.2) is 18.5 Å². The second-order valence-electron chi connectivity index (χ2n) is 10.1. The molecule has 0 saturated heterocycles. The molecule has 0 radical (unpaired) electrons. The van der Waals surface area contributed by atoms with Gasteiger partial charge >= 0.3 is 12.4 Å². The van der Waals surface area contributed by atoms with Crippen molar-refractivity contribution in [3.05, 3.63) is 114 Å². The third kappa shape index (κ3) is 6.18. The molecule has 0 aliphatic carbocycles. The lowest BCUT2D eigenvalue weighted by atomic mass is 10.1. The number of halogens is 6. The molecule has 0 N–H and O–H groups in total. The summed E-state index contributed by atoms with van der Waals surface area (Å²) in [6, 6.07) is 25.1. The number of benzene rings is 4. The Bertz CT molecular complexity index is 1530. The Hall–Kier alpha value is -3.64. The molecule has 212 valence electrons. The van der Waals surface area contributed by atoms with Crippen LogP contribution in [0.3, 0.4) is 0 Å². The van der Waals surface area contributed by atoms with Crippen LogP contribution in [0.1, 0.15) is 30.5 Å². The third-order valence-corrected chi connectivity index (χ3v) is 9.40. The van der Waals surface area contributed by atoms with Crippen LogP contribution >= 0.6 is 7.92 Å². The highest BCUT2D eigenvalue weighted by molar-refractivity contribution is 7.80. The molecule has 5 rings (SSSR count). The van der Waals surface area contributed by atoms with Gasteiger partial charge in [-0.05, 0) is 65.1 Å². The van der Waals surface area contributed by atoms with Crippen LogP contribution in [0, 0.1) is 5.92 Å². The van der Waals surface area contributed by atoms with Crippen LogP contribution in [0.2, 0.25) is 0 Å². The highest BCUT2D eigenvalue weighted by Gasteiger charge is 2.38. The second kappa shape index (κ2) is 11.3. The number of hydrogen-bond acceptors (Lipinski definition) is 2. The quantitative estimate of drug-likeness (QED) is 0.166. The Balaban J connectivity index is 1.82. The Labute approximate surface area is 235 Å². The Morgan fingerprint density at radius 2 is 1.22 bits per heavy atom. The Morgan fingerprint density at radius 1 is 0.707 bits per heavy atom. The number of hydrogen-bond donors (Lipinski definition) is 0. The van der Waals surface area contributed by atoms with E-state index in [1.165, 1.54) is 0 Å². The fourth-order valence-electron chi connectivity index (χ4n) is 4.73. The molecular weight excluding hydrogens is 559 g/mol. The minimum atomic E-state index is -4.97. The molecule has 0 bridgehead atoms. The molecule has 1 aliphatic rings. The largest absolute Gasteiger partial charge is 0.475 e. The van der Waals surface area contributed by atoms with Crippen LogP contribution in [-0.2, 0) is 17.1 Å². The van der Waals surface area contributed by atoms with Crippen molar-refractivity contribution < 1.29 is 31.1 Å². The summed E-state index contributed by atoms with van der Waals surface area (Å²) in [5.41, 5.74) is -0.631. The Morgan fingerprint density at radius 3 is 1.76 bits per heavy atom. The van der Waals surface area contributed by atoms with Gasteiger partial charge in [-0.15, -0.1) is 0 Å². The van der Waals surface area contributed by atoms with Gasteiger partial charge < -0.3 is 4.74 Å². The van der Waals surface area contributed by atoms with Gasteiger partial charge in [-0.2, -0.15) is 26.3 Å². The van der Waals surface area contributed by atoms with Gasteiger partial charge in [-0.1, -0.05) is 86.6 Å². The number of alkyl halides is 6. The average Bonchev–Trinajstić information content (AvgIpc) is 3.44. The van der Waals surface area contributed by atoms with Crippen molar-refractivity contribution in [3.63, 3.8) is 0 Å². The van der Waals surface area contributed by atoms with Crippen LogP contribution in [0.15, 0.2) is 102 Å². The predicted octanol–water partition coefficient (Wildman–Crippen LogP) is 7.95. The summed E-state index contributed by atoms with van der Waals surface area (Å²) in [5, 5.41) is 1.10. The van der Waals surface area contributed by atoms with Gasteiger partial charge in [0.05, 0.1) is 17.2 Å². The molecule has 41 heavy (non-hydrogen) atoms. The molecule has 1 aliphatic heterocycles. The van der Waals surface area contributed by atoms with E-state index in [-0.39, 0.29) is 23.3 Å². The first-order chi connectivity index (χ1) is 19.4. The van der Waals surface area contributed by atoms with Crippen LogP contribution in [0.5, 0.6) is 0 Å². The first-order valence-corrected chi connectivity index (χ1v) is 14.3. The Kier molecular flexibility index (Phi) is 7.97. The number of nitrogens with zero attached hydrogens (tertiary/aromatic N) is 1. The van der Waals surface area contributed by atoms with Crippen LogP contribution < -0.4 is 15.9 Å². The van der Waals surface area contributed by atoms with E-state index in [4.69, 9.17) is 9.73 Å². The maximum absolute atomic E-state index is 14.0. The zero-order valence-electron chi connectivity index (χ0n) is 22.2. The van der Waals surface area contributed by atoms with Crippen LogP contribution in [0.4, 0.5) is 26.3 Å². The standard InChI is InChI=1S/C32H26F6NOP/c1-20(2)27-19-40-30(39-27)26-13-7-9-15-29(26)41(28-14-8-6-12-25(28)21-10-4-3-5-11-21)24-17-22(31(33,34)35)16-23(18-24)32(36,37)38/h3-18,20,27H,19H2,1-2H3/t27-,41?/m1/s1. The lowest BCUT2D eigenvalue weighted by Crippen LogP contribution is -2.28. The third-order valence-electron chi connectivity index (χ3n) is 6.88. The molecule has 1 unspecified atom stereocenters. The molecule has 4 aromatic carbocycles. The number of rotatable bonds is 6. The molecule has 2 nitrogen and oxygen atoms in total. The second-order valence-corrected chi connectivity index (χ2v) is 12.2. The van der Waals surface area contributed by atoms with Crippen LogP contribution in [0.25, 0.3) is 11.1 Å². The smallest absolute Gasteiger partial charge is 0.416 e. The van der Waals surface area contributed by atoms with E-state index in [1.807, 2.05) is 50.2 Å². The molecule has 1 heterocycles. The zero-order valence-corrected chi connectivity index (χ0v) is 23.1. The van der Waals surface area contributed by atoms with Gasteiger partial charge in [0.15, 0.2) is 0 Å². The summed E-state index contributed by atoms with van der Waals surface area (Å²) in [6.07, 6.45) is -9.95. The first-order valence-electron chi connectivity index (χ1n) is 13.0. The summed E-state index contributed by atoms with van der Waals surface area (Å²) in [5.74, 6) is 0.532. The van der Waals surface area contributed by atoms with Crippen molar-refractivity contribution in [2.45, 2.75) is 32.2 Å².